The number of nitrogens with one attached hydrogen (secondary N) is 2. The number of rotatable bonds is 5. The van der Waals surface area contributed by atoms with Gasteiger partial charge in [0.25, 0.3) is 11.8 Å². The minimum atomic E-state index is -0.185. The van der Waals surface area contributed by atoms with E-state index in [9.17, 15) is 9.59 Å². The summed E-state index contributed by atoms with van der Waals surface area (Å²) in [5, 5.41) is 3.59. The van der Waals surface area contributed by atoms with Crippen molar-refractivity contribution in [3.8, 4) is 0 Å². The van der Waals surface area contributed by atoms with E-state index in [0.717, 1.165) is 17.0 Å². The number of carbonyl (C=O) groups excluding carboxylic acids is 2. The van der Waals surface area contributed by atoms with Gasteiger partial charge in [-0.1, -0.05) is 41.4 Å². The first-order valence-corrected chi connectivity index (χ1v) is 9.14. The van der Waals surface area contributed by atoms with Crippen molar-refractivity contribution in [1.82, 2.24) is 0 Å². The Morgan fingerprint density at radius 2 is 1.88 bits per heavy atom. The van der Waals surface area contributed by atoms with Gasteiger partial charge >= 0.3 is 0 Å². The average Bonchev–Trinajstić information content (AvgIpc) is 3.02. The lowest BCUT2D eigenvalue weighted by Crippen LogP contribution is -3.11. The van der Waals surface area contributed by atoms with E-state index < -0.39 is 0 Å². The highest BCUT2D eigenvalue weighted by Gasteiger charge is 2.26. The number of halogens is 2. The Kier molecular flexibility index (Phi) is 5.81. The van der Waals surface area contributed by atoms with Crippen LogP contribution in [0.5, 0.6) is 0 Å². The molecule has 2 N–H and O–H groups in total. The summed E-state index contributed by atoms with van der Waals surface area (Å²) in [6, 6.07) is 12.8. The lowest BCUT2D eigenvalue weighted by molar-refractivity contribution is -0.862. The first-order chi connectivity index (χ1) is 12.4. The summed E-state index contributed by atoms with van der Waals surface area (Å²) in [7, 11) is 1.83. The molecule has 0 saturated carbocycles. The second kappa shape index (κ2) is 8.08. The number of likely N-dealkylation sites (N-methyl/N-ethyl adjacent to an activating group) is 1. The van der Waals surface area contributed by atoms with Gasteiger partial charge in [-0.15, -0.1) is 0 Å². The summed E-state index contributed by atoms with van der Waals surface area (Å²) < 4.78 is 0. The molecule has 0 radical (unpaired) electrons. The zero-order valence-electron chi connectivity index (χ0n) is 14.4. The van der Waals surface area contributed by atoms with Crippen molar-refractivity contribution >= 4 is 46.4 Å². The maximum Gasteiger partial charge on any atom is 0.282 e. The normalized spacial score (nSPS) is 14.0. The number of benzene rings is 2. The Bertz CT molecular complexity index is 841. The van der Waals surface area contributed by atoms with Crippen molar-refractivity contribution in [2.24, 2.45) is 0 Å². The highest BCUT2D eigenvalue weighted by molar-refractivity contribution is 6.42. The molecule has 1 unspecified atom stereocenters. The van der Waals surface area contributed by atoms with E-state index in [1.54, 1.807) is 23.1 Å². The van der Waals surface area contributed by atoms with E-state index in [-0.39, 0.29) is 24.9 Å². The summed E-state index contributed by atoms with van der Waals surface area (Å²) in [5.74, 6) is -0.162. The van der Waals surface area contributed by atoms with Crippen LogP contribution in [0.15, 0.2) is 42.5 Å². The molecule has 0 fully saturated rings. The van der Waals surface area contributed by atoms with Crippen LogP contribution in [-0.4, -0.2) is 38.5 Å². The highest BCUT2D eigenvalue weighted by atomic mass is 35.5. The van der Waals surface area contributed by atoms with Gasteiger partial charge in [0.15, 0.2) is 13.1 Å². The van der Waals surface area contributed by atoms with Crippen LogP contribution in [0.1, 0.15) is 5.56 Å². The maximum absolute atomic E-state index is 12.6. The minimum Gasteiger partial charge on any atom is -0.322 e. The van der Waals surface area contributed by atoms with E-state index in [2.05, 4.69) is 5.32 Å². The molecule has 0 aromatic heterocycles. The molecule has 5 nitrogen and oxygen atoms in total. The number of nitrogens with zero attached hydrogens (tertiary/aromatic N) is 1. The third kappa shape index (κ3) is 4.36. The Morgan fingerprint density at radius 3 is 2.65 bits per heavy atom. The number of hydrogen-bond acceptors (Lipinski definition) is 2. The zero-order valence-corrected chi connectivity index (χ0v) is 15.9. The van der Waals surface area contributed by atoms with Crippen LogP contribution in [0, 0.1) is 0 Å². The van der Waals surface area contributed by atoms with E-state index in [1.165, 1.54) is 5.56 Å². The van der Waals surface area contributed by atoms with Crippen molar-refractivity contribution in [3.63, 3.8) is 0 Å². The Labute approximate surface area is 162 Å². The minimum absolute atomic E-state index is 0.0230. The van der Waals surface area contributed by atoms with Gasteiger partial charge in [-0.3, -0.25) is 9.59 Å². The second-order valence-electron chi connectivity index (χ2n) is 6.41. The molecule has 1 heterocycles. The van der Waals surface area contributed by atoms with Gasteiger partial charge in [0, 0.05) is 17.9 Å². The van der Waals surface area contributed by atoms with Crippen LogP contribution >= 0.6 is 23.2 Å². The molecule has 26 heavy (non-hydrogen) atoms. The van der Waals surface area contributed by atoms with Crippen LogP contribution in [0.3, 0.4) is 0 Å². The molecule has 1 aliphatic heterocycles. The molecule has 1 aliphatic rings. The molecular formula is C19H20Cl2N3O2+. The summed E-state index contributed by atoms with van der Waals surface area (Å²) in [6.07, 6.45) is 0.874. The molecule has 0 bridgehead atoms. The van der Waals surface area contributed by atoms with Gasteiger partial charge in [0.2, 0.25) is 0 Å². The number of fused-ring (bicyclic) bond motifs is 1. The quantitative estimate of drug-likeness (QED) is 0.817. The van der Waals surface area contributed by atoms with E-state index in [4.69, 9.17) is 23.2 Å². The number of anilines is 2. The van der Waals surface area contributed by atoms with Crippen molar-refractivity contribution < 1.29 is 14.5 Å². The third-order valence-corrected chi connectivity index (χ3v) is 5.05. The standard InChI is InChI=1S/C19H19Cl2N3O2/c1-23(11-18(25)22-14-6-7-15(20)16(21)10-14)12-19(26)24-9-8-13-4-2-3-5-17(13)24/h2-7,10H,8-9,11-12H2,1H3,(H,22,25)/p+1. The number of carbonyl (C=O) groups is 2. The fourth-order valence-corrected chi connectivity index (χ4v) is 3.36. The van der Waals surface area contributed by atoms with Gasteiger partial charge in [-0.05, 0) is 36.2 Å². The smallest absolute Gasteiger partial charge is 0.282 e. The van der Waals surface area contributed by atoms with Gasteiger partial charge in [-0.2, -0.15) is 0 Å². The number of para-hydroxylation sites is 1. The predicted molar refractivity (Wildman–Crippen MR) is 104 cm³/mol. The molecule has 0 spiro atoms. The Balaban J connectivity index is 1.53. The molecule has 0 saturated heterocycles. The lowest BCUT2D eigenvalue weighted by Gasteiger charge is -2.20. The van der Waals surface area contributed by atoms with Crippen LogP contribution in [0.2, 0.25) is 10.0 Å². The van der Waals surface area contributed by atoms with Crippen molar-refractivity contribution in [3.05, 3.63) is 58.1 Å². The maximum atomic E-state index is 12.6. The first-order valence-electron chi connectivity index (χ1n) is 8.38. The third-order valence-electron chi connectivity index (χ3n) is 4.31. The Morgan fingerprint density at radius 1 is 1.12 bits per heavy atom. The van der Waals surface area contributed by atoms with Crippen molar-refractivity contribution in [2.45, 2.75) is 6.42 Å². The first kappa shape index (κ1) is 18.7. The van der Waals surface area contributed by atoms with Gasteiger partial charge in [-0.25, -0.2) is 0 Å². The highest BCUT2D eigenvalue weighted by Crippen LogP contribution is 2.27. The molecular weight excluding hydrogens is 373 g/mol. The molecule has 0 aliphatic carbocycles. The van der Waals surface area contributed by atoms with Gasteiger partial charge < -0.3 is 15.1 Å². The fraction of sp³-hybridized carbons (Fsp3) is 0.263. The molecule has 7 heteroatoms. The zero-order chi connectivity index (χ0) is 18.7. The number of hydrogen-bond donors (Lipinski definition) is 2. The largest absolute Gasteiger partial charge is 0.322 e. The summed E-state index contributed by atoms with van der Waals surface area (Å²) in [6.45, 7) is 1.13. The molecule has 1 atom stereocenters. The lowest BCUT2D eigenvalue weighted by atomic mass is 10.2. The average molecular weight is 393 g/mol. The number of quaternary nitrogens is 1. The molecule has 2 aromatic carbocycles. The fourth-order valence-electron chi connectivity index (χ4n) is 3.07. The van der Waals surface area contributed by atoms with Gasteiger partial charge in [0.05, 0.1) is 17.1 Å². The van der Waals surface area contributed by atoms with Crippen molar-refractivity contribution in [2.75, 3.05) is 36.9 Å². The monoisotopic (exact) mass is 392 g/mol. The Hall–Kier alpha value is -2.08. The summed E-state index contributed by atoms with van der Waals surface area (Å²) >= 11 is 11.8. The molecule has 3 rings (SSSR count). The van der Waals surface area contributed by atoms with E-state index in [0.29, 0.717) is 22.3 Å². The molecule has 136 valence electrons. The molecule has 2 aromatic rings. The van der Waals surface area contributed by atoms with Crippen LogP contribution in [-0.2, 0) is 16.0 Å². The SMILES string of the molecule is C[NH+](CC(=O)Nc1ccc(Cl)c(Cl)c1)CC(=O)N1CCc2ccccc21. The number of amides is 2. The van der Waals surface area contributed by atoms with E-state index >= 15 is 0 Å². The van der Waals surface area contributed by atoms with Crippen LogP contribution in [0.4, 0.5) is 11.4 Å². The van der Waals surface area contributed by atoms with Gasteiger partial charge in [0.1, 0.15) is 0 Å². The van der Waals surface area contributed by atoms with Crippen LogP contribution in [0.25, 0.3) is 0 Å². The molecule has 2 amide bonds. The van der Waals surface area contributed by atoms with Crippen LogP contribution < -0.4 is 15.1 Å². The summed E-state index contributed by atoms with van der Waals surface area (Å²) in [4.78, 5) is 27.4. The topological polar surface area (TPSA) is 53.9 Å². The van der Waals surface area contributed by atoms with E-state index in [1.807, 2.05) is 31.3 Å². The second-order valence-corrected chi connectivity index (χ2v) is 7.23. The summed E-state index contributed by atoms with van der Waals surface area (Å²) in [5.41, 5.74) is 2.75. The van der Waals surface area contributed by atoms with Crippen molar-refractivity contribution in [1.29, 1.82) is 0 Å². The predicted octanol–water partition coefficient (Wildman–Crippen LogP) is 2.04.